The summed E-state index contributed by atoms with van der Waals surface area (Å²) >= 11 is 1.04. The highest BCUT2D eigenvalue weighted by atomic mass is 32.1. The van der Waals surface area contributed by atoms with Crippen molar-refractivity contribution in [2.45, 2.75) is 13.8 Å². The number of primary amides is 1. The number of aryl methyl sites for hydroxylation is 1. The minimum absolute atomic E-state index is 0.0981. The van der Waals surface area contributed by atoms with Crippen molar-refractivity contribution >= 4 is 40.0 Å². The number of amides is 2. The highest BCUT2D eigenvalue weighted by molar-refractivity contribution is 7.09. The molecule has 1 heterocycles. The van der Waals surface area contributed by atoms with Gasteiger partial charge < -0.3 is 15.6 Å². The van der Waals surface area contributed by atoms with Gasteiger partial charge in [0.15, 0.2) is 0 Å². The number of carbonyl (C=O) groups excluding carboxylic acids is 2. The summed E-state index contributed by atoms with van der Waals surface area (Å²) in [6, 6.07) is 2.34. The summed E-state index contributed by atoms with van der Waals surface area (Å²) in [6.45, 7) is 3.51. The van der Waals surface area contributed by atoms with Crippen molar-refractivity contribution in [1.82, 2.24) is 9.36 Å². The lowest BCUT2D eigenvalue weighted by molar-refractivity contribution is 0.0997. The molecule has 0 unspecified atom stereocenters. The van der Waals surface area contributed by atoms with Gasteiger partial charge in [0.25, 0.3) is 5.91 Å². The van der Waals surface area contributed by atoms with Crippen LogP contribution in [0.3, 0.4) is 0 Å². The third kappa shape index (κ3) is 4.23. The van der Waals surface area contributed by atoms with Crippen molar-refractivity contribution in [3.8, 4) is 5.75 Å². The van der Waals surface area contributed by atoms with Crippen LogP contribution >= 0.6 is 11.5 Å². The zero-order valence-corrected chi connectivity index (χ0v) is 13.6. The number of azo groups is 1. The zero-order chi connectivity index (χ0) is 17.7. The van der Waals surface area contributed by atoms with Crippen molar-refractivity contribution in [3.05, 3.63) is 23.5 Å². The number of rotatable bonds is 5. The van der Waals surface area contributed by atoms with Crippen LogP contribution in [0.25, 0.3) is 0 Å². The molecule has 1 aromatic carbocycles. The van der Waals surface area contributed by atoms with E-state index in [9.17, 15) is 14.7 Å². The van der Waals surface area contributed by atoms with Crippen LogP contribution in [0.2, 0.25) is 0 Å². The molecule has 4 N–H and O–H groups in total. The number of benzene rings is 1. The molecule has 1 aromatic heterocycles. The first-order chi connectivity index (χ1) is 11.4. The van der Waals surface area contributed by atoms with Gasteiger partial charge in [-0.05, 0) is 19.9 Å². The number of hydrogen-bond donors (Lipinski definition) is 3. The minimum Gasteiger partial charge on any atom is -0.507 e. The first kappa shape index (κ1) is 17.3. The molecular formula is C13H14N6O4S. The molecule has 0 spiro atoms. The third-order valence-electron chi connectivity index (χ3n) is 2.65. The van der Waals surface area contributed by atoms with Crippen LogP contribution in [-0.4, -0.2) is 33.1 Å². The second kappa shape index (κ2) is 7.46. The predicted octanol–water partition coefficient (Wildman–Crippen LogP) is 2.63. The largest absolute Gasteiger partial charge is 0.507 e. The Labute approximate surface area is 140 Å². The lowest BCUT2D eigenvalue weighted by Gasteiger charge is -2.10. The normalized spacial score (nSPS) is 10.8. The second-order valence-corrected chi connectivity index (χ2v) is 5.15. The molecule has 0 saturated carbocycles. The van der Waals surface area contributed by atoms with E-state index in [-0.39, 0.29) is 23.5 Å². The van der Waals surface area contributed by atoms with Gasteiger partial charge in [-0.1, -0.05) is 0 Å². The van der Waals surface area contributed by atoms with E-state index in [1.807, 2.05) is 0 Å². The van der Waals surface area contributed by atoms with E-state index in [0.717, 1.165) is 17.6 Å². The Balaban J connectivity index is 2.40. The molecule has 126 valence electrons. The summed E-state index contributed by atoms with van der Waals surface area (Å²) in [5.41, 5.74) is 5.23. The minimum atomic E-state index is -0.849. The fourth-order valence-electron chi connectivity index (χ4n) is 1.66. The first-order valence-electron chi connectivity index (χ1n) is 6.73. The molecular weight excluding hydrogens is 336 g/mol. The summed E-state index contributed by atoms with van der Waals surface area (Å²) in [7, 11) is 0. The van der Waals surface area contributed by atoms with Crippen LogP contribution in [0, 0.1) is 6.92 Å². The molecule has 2 amide bonds. The zero-order valence-electron chi connectivity index (χ0n) is 12.8. The van der Waals surface area contributed by atoms with Crippen molar-refractivity contribution in [3.63, 3.8) is 0 Å². The number of anilines is 1. The molecule has 24 heavy (non-hydrogen) atoms. The van der Waals surface area contributed by atoms with Crippen LogP contribution in [-0.2, 0) is 4.74 Å². The van der Waals surface area contributed by atoms with Gasteiger partial charge >= 0.3 is 6.09 Å². The summed E-state index contributed by atoms with van der Waals surface area (Å²) in [4.78, 5) is 26.9. The SMILES string of the molecule is CCOC(=O)Nc1cc(O)c(C(N)=O)cc1N=Nc1nc(C)ns1. The highest BCUT2D eigenvalue weighted by Gasteiger charge is 2.15. The van der Waals surface area contributed by atoms with Gasteiger partial charge in [0, 0.05) is 17.6 Å². The van der Waals surface area contributed by atoms with Gasteiger partial charge in [-0.3, -0.25) is 10.1 Å². The van der Waals surface area contributed by atoms with Crippen molar-refractivity contribution in [2.24, 2.45) is 16.0 Å². The van der Waals surface area contributed by atoms with Gasteiger partial charge in [0.2, 0.25) is 5.13 Å². The summed E-state index contributed by atoms with van der Waals surface area (Å²) < 4.78 is 8.73. The Hall–Kier alpha value is -3.08. The van der Waals surface area contributed by atoms with Crippen LogP contribution in [0.1, 0.15) is 23.1 Å². The maximum Gasteiger partial charge on any atom is 0.411 e. The number of hydrogen-bond acceptors (Lipinski definition) is 9. The molecule has 0 aliphatic carbocycles. The average molecular weight is 350 g/mol. The number of nitrogens with one attached hydrogen (secondary N) is 1. The van der Waals surface area contributed by atoms with Crippen LogP contribution in [0.15, 0.2) is 22.4 Å². The Morgan fingerprint density at radius 2 is 2.17 bits per heavy atom. The smallest absolute Gasteiger partial charge is 0.411 e. The molecule has 2 rings (SSSR count). The molecule has 0 atom stereocenters. The average Bonchev–Trinajstić information content (AvgIpc) is 2.92. The molecule has 2 aromatic rings. The van der Waals surface area contributed by atoms with Gasteiger partial charge in [-0.2, -0.15) is 4.37 Å². The van der Waals surface area contributed by atoms with Crippen LogP contribution < -0.4 is 11.1 Å². The lowest BCUT2D eigenvalue weighted by atomic mass is 10.1. The summed E-state index contributed by atoms with van der Waals surface area (Å²) in [5, 5.41) is 20.3. The van der Waals surface area contributed by atoms with Crippen molar-refractivity contribution < 1.29 is 19.4 Å². The topological polar surface area (TPSA) is 152 Å². The van der Waals surface area contributed by atoms with Gasteiger partial charge in [-0.25, -0.2) is 9.78 Å². The van der Waals surface area contributed by atoms with E-state index in [0.29, 0.717) is 11.0 Å². The van der Waals surface area contributed by atoms with Crippen molar-refractivity contribution in [2.75, 3.05) is 11.9 Å². The summed E-state index contributed by atoms with van der Waals surface area (Å²) in [6.07, 6.45) is -0.744. The van der Waals surface area contributed by atoms with E-state index in [4.69, 9.17) is 10.5 Å². The number of aromatic hydroxyl groups is 1. The number of carbonyl (C=O) groups is 2. The molecule has 0 fully saturated rings. The van der Waals surface area contributed by atoms with Crippen LogP contribution in [0.4, 0.5) is 21.3 Å². The first-order valence-corrected chi connectivity index (χ1v) is 7.50. The van der Waals surface area contributed by atoms with Gasteiger partial charge in [0.05, 0.1) is 17.9 Å². The standard InChI is InChI=1S/C13H14N6O4S/c1-3-23-13(22)16-8-5-10(20)7(11(14)21)4-9(8)17-18-12-15-6(2)19-24-12/h4-5,20H,3H2,1-2H3,(H2,14,21)(H,16,22). The molecule has 0 radical (unpaired) electrons. The third-order valence-corrected chi connectivity index (χ3v) is 3.34. The molecule has 11 heteroatoms. The lowest BCUT2D eigenvalue weighted by Crippen LogP contribution is -2.15. The fourth-order valence-corrected chi connectivity index (χ4v) is 2.16. The molecule has 0 bridgehead atoms. The molecule has 10 nitrogen and oxygen atoms in total. The fraction of sp³-hybridized carbons (Fsp3) is 0.231. The van der Waals surface area contributed by atoms with Gasteiger partial charge in [0.1, 0.15) is 17.3 Å². The molecule has 0 aliphatic rings. The Bertz CT molecular complexity index is 804. The van der Waals surface area contributed by atoms with Crippen LogP contribution in [0.5, 0.6) is 5.75 Å². The molecule has 0 aliphatic heterocycles. The maximum atomic E-state index is 11.6. The number of nitrogens with zero attached hydrogens (tertiary/aromatic N) is 4. The Morgan fingerprint density at radius 3 is 2.75 bits per heavy atom. The highest BCUT2D eigenvalue weighted by Crippen LogP contribution is 2.34. The number of nitrogens with two attached hydrogens (primary N) is 1. The summed E-state index contributed by atoms with van der Waals surface area (Å²) in [5.74, 6) is -0.708. The van der Waals surface area contributed by atoms with E-state index >= 15 is 0 Å². The number of phenols is 1. The van der Waals surface area contributed by atoms with Crippen molar-refractivity contribution in [1.29, 1.82) is 0 Å². The Kier molecular flexibility index (Phi) is 5.37. The second-order valence-electron chi connectivity index (χ2n) is 4.42. The van der Waals surface area contributed by atoms with E-state index in [2.05, 4.69) is 24.9 Å². The number of ether oxygens (including phenoxy) is 1. The Morgan fingerprint density at radius 1 is 1.42 bits per heavy atom. The van der Waals surface area contributed by atoms with Gasteiger partial charge in [-0.15, -0.1) is 10.2 Å². The predicted molar refractivity (Wildman–Crippen MR) is 86.1 cm³/mol. The van der Waals surface area contributed by atoms with E-state index in [1.165, 1.54) is 6.07 Å². The molecule has 0 saturated heterocycles. The maximum absolute atomic E-state index is 11.6. The quantitative estimate of drug-likeness (QED) is 0.705. The number of aromatic nitrogens is 2. The monoisotopic (exact) mass is 350 g/mol. The van der Waals surface area contributed by atoms with E-state index < -0.39 is 17.7 Å². The van der Waals surface area contributed by atoms with E-state index in [1.54, 1.807) is 13.8 Å².